The van der Waals surface area contributed by atoms with E-state index in [1.54, 1.807) is 0 Å². The maximum absolute atomic E-state index is 10.5. The third-order valence-electron chi connectivity index (χ3n) is 3.34. The van der Waals surface area contributed by atoms with Gasteiger partial charge >= 0.3 is 51.4 Å². The van der Waals surface area contributed by atoms with Gasteiger partial charge in [0, 0.05) is 0 Å². The van der Waals surface area contributed by atoms with Crippen LogP contribution in [0.3, 0.4) is 0 Å². The van der Waals surface area contributed by atoms with Crippen molar-refractivity contribution in [3.05, 3.63) is 0 Å². The maximum Gasteiger partial charge on any atom is 1.00 e. The van der Waals surface area contributed by atoms with Crippen LogP contribution in [0.2, 0.25) is 38.3 Å². The Labute approximate surface area is 133 Å². The summed E-state index contributed by atoms with van der Waals surface area (Å²) in [6.07, 6.45) is 0.854. The monoisotopic (exact) mass is 255 g/mol. The van der Waals surface area contributed by atoms with Crippen LogP contribution in [0.25, 0.3) is 0 Å². The molecular formula is C9H22KNOSi2. The van der Waals surface area contributed by atoms with Crippen molar-refractivity contribution < 1.29 is 56.5 Å². The molecular weight excluding hydrogens is 233 g/mol. The SMILES string of the molecule is C[Si]1(C)CC[Si](C)(C)N1CCC[O-].[K+]. The molecule has 1 aliphatic heterocycles. The summed E-state index contributed by atoms with van der Waals surface area (Å²) in [7, 11) is -2.17. The Bertz CT molecular complexity index is 172. The summed E-state index contributed by atoms with van der Waals surface area (Å²) in [4.78, 5) is 0. The van der Waals surface area contributed by atoms with Gasteiger partial charge in [0.05, 0.1) is 0 Å². The van der Waals surface area contributed by atoms with Gasteiger partial charge in [-0.2, -0.15) is 0 Å². The Morgan fingerprint density at radius 3 is 1.86 bits per heavy atom. The first-order valence-corrected chi connectivity index (χ1v) is 11.6. The zero-order valence-electron chi connectivity index (χ0n) is 10.4. The van der Waals surface area contributed by atoms with Crippen LogP contribution in [0.15, 0.2) is 0 Å². The molecule has 1 aliphatic rings. The largest absolute Gasteiger partial charge is 1.00 e. The van der Waals surface area contributed by atoms with Crippen LogP contribution in [0.4, 0.5) is 0 Å². The van der Waals surface area contributed by atoms with Crippen LogP contribution in [-0.4, -0.2) is 33.9 Å². The summed E-state index contributed by atoms with van der Waals surface area (Å²) >= 11 is 0. The van der Waals surface area contributed by atoms with Crippen LogP contribution < -0.4 is 56.5 Å². The molecule has 0 atom stereocenters. The van der Waals surface area contributed by atoms with Gasteiger partial charge in [0.25, 0.3) is 0 Å². The zero-order chi connectivity index (χ0) is 10.1. The smallest absolute Gasteiger partial charge is 0.854 e. The predicted molar refractivity (Wildman–Crippen MR) is 60.8 cm³/mol. The minimum Gasteiger partial charge on any atom is -0.854 e. The van der Waals surface area contributed by atoms with E-state index >= 15 is 0 Å². The minimum absolute atomic E-state index is 0. The molecule has 5 heteroatoms. The quantitative estimate of drug-likeness (QED) is 0.572. The Hall–Kier alpha value is 1.99. The summed E-state index contributed by atoms with van der Waals surface area (Å²) in [6.45, 7) is 11.0. The number of hydrogen-bond donors (Lipinski definition) is 0. The third kappa shape index (κ3) is 3.78. The second-order valence-electron chi connectivity index (χ2n) is 5.33. The van der Waals surface area contributed by atoms with E-state index in [2.05, 4.69) is 30.4 Å². The van der Waals surface area contributed by atoms with Crippen molar-refractivity contribution in [2.24, 2.45) is 0 Å². The van der Waals surface area contributed by atoms with E-state index < -0.39 is 16.5 Å². The van der Waals surface area contributed by atoms with Gasteiger partial charge in [0.2, 0.25) is 0 Å². The molecule has 0 unspecified atom stereocenters. The predicted octanol–water partition coefficient (Wildman–Crippen LogP) is -1.53. The molecule has 0 aromatic rings. The molecule has 1 rings (SSSR count). The number of nitrogens with zero attached hydrogens (tertiary/aromatic N) is 1. The average Bonchev–Trinajstić information content (AvgIpc) is 2.20. The summed E-state index contributed by atoms with van der Waals surface area (Å²) < 4.78 is 2.78. The topological polar surface area (TPSA) is 26.3 Å². The van der Waals surface area contributed by atoms with Gasteiger partial charge in [0.1, 0.15) is 16.5 Å². The first-order chi connectivity index (χ1) is 5.90. The van der Waals surface area contributed by atoms with Crippen molar-refractivity contribution in [3.8, 4) is 0 Å². The fourth-order valence-corrected chi connectivity index (χ4v) is 16.7. The Morgan fingerprint density at radius 1 is 1.07 bits per heavy atom. The van der Waals surface area contributed by atoms with Crippen molar-refractivity contribution in [1.82, 2.24) is 4.23 Å². The van der Waals surface area contributed by atoms with Gasteiger partial charge in [-0.3, -0.25) is 0 Å². The van der Waals surface area contributed by atoms with Crippen molar-refractivity contribution in [1.29, 1.82) is 0 Å². The van der Waals surface area contributed by atoms with Gasteiger partial charge in [-0.1, -0.05) is 32.6 Å². The molecule has 0 radical (unpaired) electrons. The third-order valence-corrected chi connectivity index (χ3v) is 13.8. The molecule has 1 fully saturated rings. The van der Waals surface area contributed by atoms with E-state index in [1.165, 1.54) is 12.1 Å². The van der Waals surface area contributed by atoms with Crippen LogP contribution >= 0.6 is 0 Å². The van der Waals surface area contributed by atoms with Crippen LogP contribution in [0.1, 0.15) is 6.42 Å². The molecule has 0 amide bonds. The standard InChI is InChI=1S/C9H22NOSi2.K/c1-12(2)8-9-13(3,4)10(12)6-5-7-11;/h5-9H2,1-4H3;/q-1;+1. The first kappa shape index (κ1) is 16.0. The van der Waals surface area contributed by atoms with Gasteiger partial charge in [-0.25, -0.2) is 0 Å². The van der Waals surface area contributed by atoms with Gasteiger partial charge < -0.3 is 9.34 Å². The zero-order valence-corrected chi connectivity index (χ0v) is 15.5. The molecule has 1 heterocycles. The van der Waals surface area contributed by atoms with Crippen molar-refractivity contribution in [2.75, 3.05) is 13.2 Å². The van der Waals surface area contributed by atoms with E-state index in [4.69, 9.17) is 0 Å². The summed E-state index contributed by atoms with van der Waals surface area (Å²) in [5.74, 6) is 0. The second kappa shape index (κ2) is 6.07. The molecule has 0 aromatic carbocycles. The molecule has 0 N–H and O–H groups in total. The van der Waals surface area contributed by atoms with Crippen molar-refractivity contribution in [3.63, 3.8) is 0 Å². The minimum atomic E-state index is -1.09. The molecule has 0 aromatic heterocycles. The van der Waals surface area contributed by atoms with E-state index in [1.807, 2.05) is 0 Å². The van der Waals surface area contributed by atoms with Crippen molar-refractivity contribution >= 4 is 16.5 Å². The average molecular weight is 256 g/mol. The Morgan fingerprint density at radius 2 is 1.50 bits per heavy atom. The molecule has 0 aliphatic carbocycles. The first-order valence-electron chi connectivity index (χ1n) is 5.26. The second-order valence-corrected chi connectivity index (χ2v) is 15.1. The molecule has 14 heavy (non-hydrogen) atoms. The number of hydrogen-bond acceptors (Lipinski definition) is 2. The molecule has 0 spiro atoms. The Balaban J connectivity index is 0.00000169. The van der Waals surface area contributed by atoms with Crippen LogP contribution in [0.5, 0.6) is 0 Å². The summed E-state index contributed by atoms with van der Waals surface area (Å²) in [6, 6.07) is 2.90. The fraction of sp³-hybridized carbons (Fsp3) is 1.00. The molecule has 0 saturated carbocycles. The fourth-order valence-electron chi connectivity index (χ4n) is 2.53. The van der Waals surface area contributed by atoms with E-state index in [0.717, 1.165) is 13.0 Å². The number of rotatable bonds is 3. The molecule has 2 nitrogen and oxygen atoms in total. The van der Waals surface area contributed by atoms with Crippen LogP contribution in [-0.2, 0) is 0 Å². The van der Waals surface area contributed by atoms with E-state index in [0.29, 0.717) is 0 Å². The maximum atomic E-state index is 10.5. The van der Waals surface area contributed by atoms with E-state index in [-0.39, 0.29) is 58.0 Å². The van der Waals surface area contributed by atoms with Gasteiger partial charge in [-0.05, 0) is 18.6 Å². The van der Waals surface area contributed by atoms with Gasteiger partial charge in [-0.15, -0.1) is 6.61 Å². The van der Waals surface area contributed by atoms with Crippen molar-refractivity contribution in [2.45, 2.75) is 44.7 Å². The van der Waals surface area contributed by atoms with Gasteiger partial charge in [0.15, 0.2) is 0 Å². The summed E-state index contributed by atoms with van der Waals surface area (Å²) in [5.41, 5.74) is 0. The molecule has 1 saturated heterocycles. The van der Waals surface area contributed by atoms with Crippen LogP contribution in [0, 0.1) is 0 Å². The van der Waals surface area contributed by atoms with E-state index in [9.17, 15) is 5.11 Å². The summed E-state index contributed by atoms with van der Waals surface area (Å²) in [5, 5.41) is 10.5. The Kier molecular flexibility index (Phi) is 6.93. The molecule has 78 valence electrons. The normalized spacial score (nSPS) is 24.6. The molecule has 0 bridgehead atoms.